The first-order valence-electron chi connectivity index (χ1n) is 5.67. The molecule has 100 valence electrons. The number of sulfonamides is 1. The summed E-state index contributed by atoms with van der Waals surface area (Å²) >= 11 is 5.77. The lowest BCUT2D eigenvalue weighted by atomic mass is 10.1. The highest BCUT2D eigenvalue weighted by Gasteiger charge is 2.46. The molecule has 1 aromatic carbocycles. The lowest BCUT2D eigenvalue weighted by Crippen LogP contribution is -2.47. The highest BCUT2D eigenvalue weighted by molar-refractivity contribution is 7.89. The van der Waals surface area contributed by atoms with Gasteiger partial charge in [0.25, 0.3) is 0 Å². The van der Waals surface area contributed by atoms with Gasteiger partial charge >= 0.3 is 0 Å². The molecule has 1 aliphatic heterocycles. The molecule has 0 bridgehead atoms. The van der Waals surface area contributed by atoms with Gasteiger partial charge in [-0.25, -0.2) is 8.42 Å². The number of benzene rings is 1. The Balaban J connectivity index is 2.45. The van der Waals surface area contributed by atoms with Gasteiger partial charge in [0.2, 0.25) is 10.0 Å². The molecule has 1 saturated heterocycles. The van der Waals surface area contributed by atoms with Crippen LogP contribution in [0.15, 0.2) is 29.2 Å². The van der Waals surface area contributed by atoms with Crippen molar-refractivity contribution in [1.29, 1.82) is 0 Å². The minimum Gasteiger partial charge on any atom is -0.360 e. The lowest BCUT2D eigenvalue weighted by Gasteiger charge is -2.30. The molecule has 1 atom stereocenters. The molecular weight excluding hydrogens is 274 g/mol. The van der Waals surface area contributed by atoms with E-state index in [1.165, 1.54) is 16.4 Å². The maximum absolute atomic E-state index is 12.6. The Kier molecular flexibility index (Phi) is 3.44. The van der Waals surface area contributed by atoms with Gasteiger partial charge < -0.3 is 4.74 Å². The number of halogens is 1. The van der Waals surface area contributed by atoms with Crippen molar-refractivity contribution in [2.45, 2.75) is 37.4 Å². The number of hydrogen-bond acceptors (Lipinski definition) is 3. The topological polar surface area (TPSA) is 46.6 Å². The maximum atomic E-state index is 12.6. The number of ether oxygens (including phenoxy) is 1. The van der Waals surface area contributed by atoms with Gasteiger partial charge in [-0.1, -0.05) is 11.6 Å². The van der Waals surface area contributed by atoms with E-state index in [0.29, 0.717) is 11.6 Å². The van der Waals surface area contributed by atoms with E-state index in [1.54, 1.807) is 19.1 Å². The summed E-state index contributed by atoms with van der Waals surface area (Å²) in [4.78, 5) is 0.234. The van der Waals surface area contributed by atoms with Crippen molar-refractivity contribution in [3.05, 3.63) is 29.3 Å². The van der Waals surface area contributed by atoms with Crippen LogP contribution in [0.1, 0.15) is 20.8 Å². The molecule has 0 amide bonds. The van der Waals surface area contributed by atoms with Gasteiger partial charge in [0.05, 0.1) is 17.0 Å². The number of hydrogen-bond donors (Lipinski definition) is 0. The van der Waals surface area contributed by atoms with Crippen LogP contribution in [0.25, 0.3) is 0 Å². The van der Waals surface area contributed by atoms with Crippen molar-refractivity contribution in [3.8, 4) is 0 Å². The first kappa shape index (κ1) is 13.8. The van der Waals surface area contributed by atoms with Crippen molar-refractivity contribution < 1.29 is 13.2 Å². The number of rotatable bonds is 2. The molecule has 0 spiro atoms. The first-order valence-corrected chi connectivity index (χ1v) is 7.49. The SMILES string of the molecule is CC1OCC(C)(C)N1S(=O)(=O)c1ccc(Cl)cc1. The van der Waals surface area contributed by atoms with E-state index in [4.69, 9.17) is 16.3 Å². The normalized spacial score (nSPS) is 24.3. The molecule has 18 heavy (non-hydrogen) atoms. The fourth-order valence-electron chi connectivity index (χ4n) is 2.19. The summed E-state index contributed by atoms with van der Waals surface area (Å²) in [7, 11) is -3.56. The average Bonchev–Trinajstić information content (AvgIpc) is 2.53. The molecule has 0 radical (unpaired) electrons. The highest BCUT2D eigenvalue weighted by Crippen LogP contribution is 2.33. The minimum atomic E-state index is -3.56. The molecule has 1 aliphatic rings. The van der Waals surface area contributed by atoms with Gasteiger partial charge in [0, 0.05) is 5.02 Å². The molecule has 1 unspecified atom stereocenters. The fourth-order valence-corrected chi connectivity index (χ4v) is 4.18. The zero-order valence-electron chi connectivity index (χ0n) is 10.6. The zero-order valence-corrected chi connectivity index (χ0v) is 12.1. The smallest absolute Gasteiger partial charge is 0.245 e. The summed E-state index contributed by atoms with van der Waals surface area (Å²) in [5.74, 6) is 0. The third-order valence-corrected chi connectivity index (χ3v) is 5.40. The monoisotopic (exact) mass is 289 g/mol. The van der Waals surface area contributed by atoms with Crippen molar-refractivity contribution in [2.24, 2.45) is 0 Å². The van der Waals surface area contributed by atoms with Crippen LogP contribution in [0.3, 0.4) is 0 Å². The van der Waals surface area contributed by atoms with E-state index in [2.05, 4.69) is 0 Å². The van der Waals surface area contributed by atoms with Gasteiger partial charge in [-0.15, -0.1) is 0 Å². The molecule has 2 rings (SSSR count). The van der Waals surface area contributed by atoms with Gasteiger partial charge in [0.1, 0.15) is 6.23 Å². The molecule has 0 saturated carbocycles. The van der Waals surface area contributed by atoms with E-state index in [1.807, 2.05) is 13.8 Å². The van der Waals surface area contributed by atoms with Crippen molar-refractivity contribution in [3.63, 3.8) is 0 Å². The maximum Gasteiger partial charge on any atom is 0.245 e. The van der Waals surface area contributed by atoms with Gasteiger partial charge in [0.15, 0.2) is 0 Å². The molecule has 1 aromatic rings. The molecular formula is C12H16ClNO3S. The summed E-state index contributed by atoms with van der Waals surface area (Å²) in [6, 6.07) is 6.17. The zero-order chi connectivity index (χ0) is 13.6. The molecule has 1 heterocycles. The standard InChI is InChI=1S/C12H16ClNO3S/c1-9-14(12(2,3)8-17-9)18(15,16)11-6-4-10(13)5-7-11/h4-7,9H,8H2,1-3H3. The van der Waals surface area contributed by atoms with E-state index >= 15 is 0 Å². The van der Waals surface area contributed by atoms with Crippen LogP contribution in [-0.2, 0) is 14.8 Å². The Morgan fingerprint density at radius 2 is 1.89 bits per heavy atom. The quantitative estimate of drug-likeness (QED) is 0.840. The fraction of sp³-hybridized carbons (Fsp3) is 0.500. The first-order chi connectivity index (χ1) is 8.25. The summed E-state index contributed by atoms with van der Waals surface area (Å²) in [6.45, 7) is 5.83. The highest BCUT2D eigenvalue weighted by atomic mass is 35.5. The van der Waals surface area contributed by atoms with Gasteiger partial charge in [-0.3, -0.25) is 0 Å². The Hall–Kier alpha value is -0.620. The summed E-state index contributed by atoms with van der Waals surface area (Å²) in [6.07, 6.45) is -0.458. The third kappa shape index (κ3) is 2.28. The molecule has 4 nitrogen and oxygen atoms in total. The van der Waals surface area contributed by atoms with Crippen LogP contribution in [0, 0.1) is 0 Å². The van der Waals surface area contributed by atoms with Crippen molar-refractivity contribution >= 4 is 21.6 Å². The summed E-state index contributed by atoms with van der Waals surface area (Å²) < 4.78 is 32.0. The molecule has 1 fully saturated rings. The Morgan fingerprint density at radius 1 is 1.33 bits per heavy atom. The van der Waals surface area contributed by atoms with E-state index in [-0.39, 0.29) is 4.90 Å². The van der Waals surface area contributed by atoms with E-state index in [0.717, 1.165) is 0 Å². The second kappa shape index (κ2) is 4.49. The van der Waals surface area contributed by atoms with Crippen LogP contribution in [0.4, 0.5) is 0 Å². The molecule has 0 aliphatic carbocycles. The summed E-state index contributed by atoms with van der Waals surface area (Å²) in [5, 5.41) is 0.513. The predicted octanol–water partition coefficient (Wildman–Crippen LogP) is 2.49. The van der Waals surface area contributed by atoms with Crippen LogP contribution in [-0.4, -0.2) is 31.1 Å². The molecule has 6 heteroatoms. The Morgan fingerprint density at radius 3 is 2.33 bits per heavy atom. The van der Waals surface area contributed by atoms with Crippen LogP contribution in [0.5, 0.6) is 0 Å². The van der Waals surface area contributed by atoms with Gasteiger partial charge in [-0.2, -0.15) is 4.31 Å². The van der Waals surface area contributed by atoms with Crippen molar-refractivity contribution in [1.82, 2.24) is 4.31 Å². The minimum absolute atomic E-state index is 0.234. The van der Waals surface area contributed by atoms with Crippen LogP contribution in [0.2, 0.25) is 5.02 Å². The average molecular weight is 290 g/mol. The van der Waals surface area contributed by atoms with Crippen LogP contribution < -0.4 is 0 Å². The van der Waals surface area contributed by atoms with Crippen molar-refractivity contribution in [2.75, 3.05) is 6.61 Å². The third-order valence-electron chi connectivity index (χ3n) is 2.98. The van der Waals surface area contributed by atoms with E-state index < -0.39 is 21.8 Å². The second-order valence-electron chi connectivity index (χ2n) is 4.98. The van der Waals surface area contributed by atoms with Crippen LogP contribution >= 0.6 is 11.6 Å². The largest absolute Gasteiger partial charge is 0.360 e. The van der Waals surface area contributed by atoms with E-state index in [9.17, 15) is 8.42 Å². The lowest BCUT2D eigenvalue weighted by molar-refractivity contribution is 0.0843. The van der Waals surface area contributed by atoms with Gasteiger partial charge in [-0.05, 0) is 45.0 Å². The summed E-state index contributed by atoms with van der Waals surface area (Å²) in [5.41, 5.74) is -0.544. The molecule has 0 N–H and O–H groups in total. The predicted molar refractivity (Wildman–Crippen MR) is 70.0 cm³/mol. The Bertz CT molecular complexity index is 539. The number of nitrogens with zero attached hydrogens (tertiary/aromatic N) is 1. The molecule has 0 aromatic heterocycles. The second-order valence-corrected chi connectivity index (χ2v) is 7.23. The Labute approximate surface area is 113 Å².